The lowest BCUT2D eigenvalue weighted by atomic mass is 10.2. The first-order valence-electron chi connectivity index (χ1n) is 6.32. The molecule has 0 amide bonds. The third kappa shape index (κ3) is 2.19. The van der Waals surface area contributed by atoms with Gasteiger partial charge in [-0.05, 0) is 37.1 Å². The molecule has 1 aliphatic heterocycles. The molecule has 4 nitrogen and oxygen atoms in total. The molecule has 1 aliphatic rings. The van der Waals surface area contributed by atoms with Gasteiger partial charge in [0.15, 0.2) is 0 Å². The Balaban J connectivity index is 2.09. The molecule has 0 radical (unpaired) electrons. The summed E-state index contributed by atoms with van der Waals surface area (Å²) >= 11 is 12.3. The van der Waals surface area contributed by atoms with Gasteiger partial charge < -0.3 is 10.0 Å². The molecule has 20 heavy (non-hydrogen) atoms. The van der Waals surface area contributed by atoms with Gasteiger partial charge in [0.1, 0.15) is 11.9 Å². The Bertz CT molecular complexity index is 690. The van der Waals surface area contributed by atoms with Crippen molar-refractivity contribution < 1.29 is 9.90 Å². The van der Waals surface area contributed by atoms with Crippen molar-refractivity contribution in [3.05, 3.63) is 34.3 Å². The molecule has 104 valence electrons. The van der Waals surface area contributed by atoms with E-state index in [1.54, 1.807) is 23.1 Å². The van der Waals surface area contributed by atoms with Gasteiger partial charge in [-0.2, -0.15) is 0 Å². The van der Waals surface area contributed by atoms with Crippen LogP contribution < -0.4 is 4.90 Å². The zero-order chi connectivity index (χ0) is 14.3. The number of benzene rings is 1. The molecule has 0 bridgehead atoms. The summed E-state index contributed by atoms with van der Waals surface area (Å²) in [7, 11) is 0. The number of carboxylic acids is 1. The monoisotopic (exact) mass is 310 g/mol. The molecule has 0 aliphatic carbocycles. The van der Waals surface area contributed by atoms with Gasteiger partial charge in [0.2, 0.25) is 0 Å². The molecule has 2 heterocycles. The van der Waals surface area contributed by atoms with Gasteiger partial charge in [-0.3, -0.25) is 0 Å². The van der Waals surface area contributed by atoms with E-state index in [9.17, 15) is 9.90 Å². The fraction of sp³-hybridized carbons (Fsp3) is 0.286. The maximum Gasteiger partial charge on any atom is 0.326 e. The van der Waals surface area contributed by atoms with E-state index in [1.165, 1.54) is 0 Å². The second kappa shape index (κ2) is 5.11. The lowest BCUT2D eigenvalue weighted by Gasteiger charge is -2.22. The Hall–Kier alpha value is -1.52. The Morgan fingerprint density at radius 3 is 2.75 bits per heavy atom. The number of carbonyl (C=O) groups is 1. The van der Waals surface area contributed by atoms with Crippen molar-refractivity contribution in [1.29, 1.82) is 0 Å². The number of hydrogen-bond acceptors (Lipinski definition) is 3. The van der Waals surface area contributed by atoms with Crippen LogP contribution in [0.25, 0.3) is 10.9 Å². The van der Waals surface area contributed by atoms with Crippen LogP contribution in [0.5, 0.6) is 0 Å². The third-order valence-electron chi connectivity index (χ3n) is 3.57. The molecular weight excluding hydrogens is 299 g/mol. The molecule has 1 saturated heterocycles. The summed E-state index contributed by atoms with van der Waals surface area (Å²) in [4.78, 5) is 17.6. The van der Waals surface area contributed by atoms with E-state index in [2.05, 4.69) is 4.98 Å². The Morgan fingerprint density at radius 1 is 1.25 bits per heavy atom. The third-order valence-corrected chi connectivity index (χ3v) is 4.21. The van der Waals surface area contributed by atoms with Crippen LogP contribution in [0.3, 0.4) is 0 Å². The maximum atomic E-state index is 11.3. The number of hydrogen-bond donors (Lipinski definition) is 1. The number of aliphatic carboxylic acids is 1. The van der Waals surface area contributed by atoms with E-state index in [1.807, 2.05) is 6.07 Å². The van der Waals surface area contributed by atoms with E-state index < -0.39 is 12.0 Å². The highest BCUT2D eigenvalue weighted by Gasteiger charge is 2.31. The van der Waals surface area contributed by atoms with Crippen molar-refractivity contribution in [2.75, 3.05) is 11.4 Å². The summed E-state index contributed by atoms with van der Waals surface area (Å²) in [5.74, 6) is -0.187. The lowest BCUT2D eigenvalue weighted by Crippen LogP contribution is -2.36. The molecule has 1 N–H and O–H groups in total. The first-order valence-corrected chi connectivity index (χ1v) is 7.08. The van der Waals surface area contributed by atoms with E-state index in [0.717, 1.165) is 11.8 Å². The summed E-state index contributed by atoms with van der Waals surface area (Å²) < 4.78 is 0. The predicted octanol–water partition coefficient (Wildman–Crippen LogP) is 3.60. The predicted molar refractivity (Wildman–Crippen MR) is 79.8 cm³/mol. The maximum absolute atomic E-state index is 11.3. The number of nitrogens with zero attached hydrogens (tertiary/aromatic N) is 2. The molecule has 1 atom stereocenters. The number of rotatable bonds is 2. The number of halogens is 2. The molecule has 6 heteroatoms. The Kier molecular flexibility index (Phi) is 3.44. The number of fused-ring (bicyclic) bond motifs is 1. The molecule has 1 aromatic carbocycles. The summed E-state index contributed by atoms with van der Waals surface area (Å²) in [6, 6.07) is 6.54. The number of aromatic nitrogens is 1. The summed E-state index contributed by atoms with van der Waals surface area (Å²) in [5.41, 5.74) is 0.604. The first kappa shape index (κ1) is 13.5. The minimum absolute atomic E-state index is 0.511. The number of carboxylic acid groups (broad SMARTS) is 1. The average molecular weight is 311 g/mol. The van der Waals surface area contributed by atoms with E-state index in [-0.39, 0.29) is 0 Å². The van der Waals surface area contributed by atoms with Crippen molar-refractivity contribution >= 4 is 45.9 Å². The highest BCUT2D eigenvalue weighted by atomic mass is 35.5. The molecule has 0 spiro atoms. The van der Waals surface area contributed by atoms with E-state index in [0.29, 0.717) is 34.3 Å². The molecular formula is C14H12Cl2N2O2. The smallest absolute Gasteiger partial charge is 0.326 e. The first-order chi connectivity index (χ1) is 9.58. The van der Waals surface area contributed by atoms with E-state index in [4.69, 9.17) is 23.2 Å². The zero-order valence-electron chi connectivity index (χ0n) is 10.5. The van der Waals surface area contributed by atoms with E-state index >= 15 is 0 Å². The molecule has 1 aromatic heterocycles. The zero-order valence-corrected chi connectivity index (χ0v) is 12.0. The number of pyridine rings is 1. The van der Waals surface area contributed by atoms with Crippen molar-refractivity contribution in [3.63, 3.8) is 0 Å². The van der Waals surface area contributed by atoms with Crippen LogP contribution in [0.15, 0.2) is 24.3 Å². The number of anilines is 1. The van der Waals surface area contributed by atoms with Crippen LogP contribution in [-0.2, 0) is 4.79 Å². The normalized spacial score (nSPS) is 18.7. The van der Waals surface area contributed by atoms with Gasteiger partial charge in [-0.15, -0.1) is 0 Å². The van der Waals surface area contributed by atoms with Gasteiger partial charge in [0, 0.05) is 11.9 Å². The second-order valence-electron chi connectivity index (χ2n) is 4.78. The molecule has 2 aromatic rings. The van der Waals surface area contributed by atoms with Crippen LogP contribution in [0.4, 0.5) is 5.82 Å². The van der Waals surface area contributed by atoms with Crippen molar-refractivity contribution in [3.8, 4) is 0 Å². The molecule has 1 unspecified atom stereocenters. The minimum atomic E-state index is -0.818. The minimum Gasteiger partial charge on any atom is -0.480 e. The fourth-order valence-corrected chi connectivity index (χ4v) is 3.02. The Morgan fingerprint density at radius 2 is 2.00 bits per heavy atom. The SMILES string of the molecule is O=C(O)C1CCCN1c1ccc2c(Cl)ccc(Cl)c2n1. The molecule has 3 rings (SSSR count). The van der Waals surface area contributed by atoms with Crippen LogP contribution in [0.2, 0.25) is 10.0 Å². The fourth-order valence-electron chi connectivity index (χ4n) is 2.60. The largest absolute Gasteiger partial charge is 0.480 e. The highest BCUT2D eigenvalue weighted by molar-refractivity contribution is 6.39. The van der Waals surface area contributed by atoms with Gasteiger partial charge in [0.25, 0.3) is 0 Å². The van der Waals surface area contributed by atoms with Crippen molar-refractivity contribution in [1.82, 2.24) is 4.98 Å². The quantitative estimate of drug-likeness (QED) is 0.921. The summed E-state index contributed by atoms with van der Waals surface area (Å²) in [6.07, 6.45) is 1.48. The summed E-state index contributed by atoms with van der Waals surface area (Å²) in [5, 5.41) is 11.1. The lowest BCUT2D eigenvalue weighted by molar-refractivity contribution is -0.138. The van der Waals surface area contributed by atoms with Gasteiger partial charge in [-0.25, -0.2) is 9.78 Å². The molecule has 1 fully saturated rings. The van der Waals surface area contributed by atoms with Crippen molar-refractivity contribution in [2.24, 2.45) is 0 Å². The van der Waals surface area contributed by atoms with Crippen LogP contribution in [-0.4, -0.2) is 28.6 Å². The Labute approximate surface area is 125 Å². The highest BCUT2D eigenvalue weighted by Crippen LogP contribution is 2.32. The summed E-state index contributed by atoms with van der Waals surface area (Å²) in [6.45, 7) is 0.688. The van der Waals surface area contributed by atoms with Crippen molar-refractivity contribution in [2.45, 2.75) is 18.9 Å². The topological polar surface area (TPSA) is 53.4 Å². The van der Waals surface area contributed by atoms with Gasteiger partial charge in [-0.1, -0.05) is 23.2 Å². The van der Waals surface area contributed by atoms with Crippen LogP contribution in [0.1, 0.15) is 12.8 Å². The standard InChI is InChI=1S/C14H12Cl2N2O2/c15-9-4-5-10(16)13-8(9)3-6-12(17-13)18-7-1-2-11(18)14(19)20/h3-6,11H,1-2,7H2,(H,19,20). The second-order valence-corrected chi connectivity index (χ2v) is 5.60. The van der Waals surface area contributed by atoms with Crippen LogP contribution >= 0.6 is 23.2 Å². The average Bonchev–Trinajstić information content (AvgIpc) is 2.92. The van der Waals surface area contributed by atoms with Crippen LogP contribution in [0, 0.1) is 0 Å². The van der Waals surface area contributed by atoms with Gasteiger partial charge >= 0.3 is 5.97 Å². The molecule has 0 saturated carbocycles. The van der Waals surface area contributed by atoms with Gasteiger partial charge in [0.05, 0.1) is 15.6 Å².